The van der Waals surface area contributed by atoms with Gasteiger partial charge in [0.15, 0.2) is 10.0 Å². The van der Waals surface area contributed by atoms with Crippen molar-refractivity contribution in [2.75, 3.05) is 26.3 Å². The Morgan fingerprint density at radius 2 is 1.18 bits per heavy atom. The number of hydrogen-bond donors (Lipinski definition) is 2. The number of nitrogens with two attached hydrogens (primary N) is 2. The molecule has 19 heteroatoms. The molecule has 0 aliphatic rings. The number of primary amides is 2. The first-order chi connectivity index (χ1) is 18.0. The Hall–Kier alpha value is -4.38. The minimum Gasteiger partial charge on any atom is -0.490 e. The molecule has 39 heavy (non-hydrogen) atoms. The van der Waals surface area contributed by atoms with Gasteiger partial charge in [-0.15, -0.1) is 0 Å². The van der Waals surface area contributed by atoms with Crippen LogP contribution in [0.15, 0.2) is 24.3 Å². The molecule has 0 aromatic heterocycles. The molecule has 0 atom stereocenters. The van der Waals surface area contributed by atoms with Crippen LogP contribution in [0.3, 0.4) is 0 Å². The van der Waals surface area contributed by atoms with Crippen molar-refractivity contribution in [2.45, 2.75) is 6.18 Å². The van der Waals surface area contributed by atoms with Crippen LogP contribution < -0.4 is 20.9 Å². The van der Waals surface area contributed by atoms with E-state index < -0.39 is 93.0 Å². The van der Waals surface area contributed by atoms with Crippen LogP contribution in [-0.4, -0.2) is 64.9 Å². The number of carbonyl (C=O) groups excluding carboxylic acids is 3. The highest BCUT2D eigenvalue weighted by atomic mass is 35.5. The lowest BCUT2D eigenvalue weighted by Gasteiger charge is -2.24. The van der Waals surface area contributed by atoms with E-state index in [1.54, 1.807) is 0 Å². The van der Waals surface area contributed by atoms with E-state index in [2.05, 4.69) is 0 Å². The van der Waals surface area contributed by atoms with Gasteiger partial charge >= 0.3 is 12.1 Å². The van der Waals surface area contributed by atoms with Crippen molar-refractivity contribution >= 4 is 52.3 Å². The molecule has 3 amide bonds. The molecule has 0 spiro atoms. The molecule has 2 rings (SSSR count). The smallest absolute Gasteiger partial charge is 0.471 e. The number of ether oxygens (including phenoxy) is 2. The van der Waals surface area contributed by atoms with Crippen molar-refractivity contribution in [1.29, 1.82) is 0 Å². The van der Waals surface area contributed by atoms with Crippen LogP contribution in [0.5, 0.6) is 11.5 Å². The van der Waals surface area contributed by atoms with E-state index in [4.69, 9.17) is 44.1 Å². The maximum atomic E-state index is 13.1. The molecule has 0 aliphatic heterocycles. The summed E-state index contributed by atoms with van der Waals surface area (Å²) < 4.78 is 49.8. The first-order valence-corrected chi connectivity index (χ1v) is 11.0. The van der Waals surface area contributed by atoms with Gasteiger partial charge in [-0.2, -0.15) is 13.2 Å². The monoisotopic (exact) mass is 597 g/mol. The predicted molar refractivity (Wildman–Crippen MR) is 127 cm³/mol. The molecule has 0 radical (unpaired) electrons. The van der Waals surface area contributed by atoms with Gasteiger partial charge in [0, 0.05) is 23.3 Å². The second-order valence-electron chi connectivity index (χ2n) is 7.34. The maximum Gasteiger partial charge on any atom is 0.471 e. The van der Waals surface area contributed by atoms with Gasteiger partial charge in [-0.25, -0.2) is 0 Å². The quantitative estimate of drug-likeness (QED) is 0.271. The Bertz CT molecular complexity index is 1250. The van der Waals surface area contributed by atoms with E-state index in [1.807, 2.05) is 0 Å². The zero-order valence-electron chi connectivity index (χ0n) is 19.2. The number of nitrogens with zero attached hydrogens (tertiary/aromatic N) is 3. The summed E-state index contributed by atoms with van der Waals surface area (Å²) in [6.45, 7) is -2.90. The van der Waals surface area contributed by atoms with E-state index in [1.165, 1.54) is 0 Å². The number of hydrogen-bond acceptors (Lipinski definition) is 9. The average molecular weight is 598 g/mol. The zero-order valence-corrected chi connectivity index (χ0v) is 20.7. The molecular weight excluding hydrogens is 582 g/mol. The lowest BCUT2D eigenvalue weighted by atomic mass is 10.2. The van der Waals surface area contributed by atoms with Crippen molar-refractivity contribution in [3.63, 3.8) is 0 Å². The van der Waals surface area contributed by atoms with Crippen molar-refractivity contribution in [3.8, 4) is 11.5 Å². The molecule has 0 bridgehead atoms. The van der Waals surface area contributed by atoms with E-state index in [0.717, 1.165) is 24.3 Å². The average Bonchev–Trinajstić information content (AvgIpc) is 2.83. The van der Waals surface area contributed by atoms with E-state index >= 15 is 0 Å². The number of carbonyl (C=O) groups is 3. The summed E-state index contributed by atoms with van der Waals surface area (Å²) in [4.78, 5) is 55.4. The Morgan fingerprint density at radius 1 is 0.821 bits per heavy atom. The lowest BCUT2D eigenvalue weighted by Crippen LogP contribution is -2.45. The van der Waals surface area contributed by atoms with Crippen LogP contribution in [0, 0.1) is 20.2 Å². The number of halogens is 5. The van der Waals surface area contributed by atoms with Crippen LogP contribution in [0.2, 0.25) is 10.0 Å². The SMILES string of the molecule is NC(=O)c1cc(OCCN(CCOc2cc(C(N)=O)cc([N+](=O)[O-])c2Cl)C(=O)C(F)(F)F)c(Cl)c([N+](=O)[O-])c1. The first kappa shape index (κ1) is 30.8. The predicted octanol–water partition coefficient (Wildman–Crippen LogP) is 2.86. The van der Waals surface area contributed by atoms with Gasteiger partial charge in [0.1, 0.15) is 24.7 Å². The zero-order chi connectivity index (χ0) is 29.7. The van der Waals surface area contributed by atoms with E-state index in [9.17, 15) is 47.8 Å². The summed E-state index contributed by atoms with van der Waals surface area (Å²) in [7, 11) is 0. The van der Waals surface area contributed by atoms with Crippen LogP contribution in [0.25, 0.3) is 0 Å². The number of rotatable bonds is 12. The van der Waals surface area contributed by atoms with Gasteiger partial charge in [0.2, 0.25) is 11.8 Å². The molecule has 0 saturated carbocycles. The van der Waals surface area contributed by atoms with Gasteiger partial charge in [-0.05, 0) is 12.1 Å². The summed E-state index contributed by atoms with van der Waals surface area (Å²) in [5.74, 6) is -5.40. The third-order valence-corrected chi connectivity index (χ3v) is 5.53. The second-order valence-corrected chi connectivity index (χ2v) is 8.10. The molecular formula is C20H16Cl2F3N5O9. The molecule has 0 saturated heterocycles. The standard InChI is InChI=1S/C20H16Cl2F3N5O9/c21-15-11(29(34)35)5-9(17(26)31)7-13(15)38-3-1-28(19(33)20(23,24)25)2-4-39-14-8-10(18(27)32)6-12(16(14)22)30(36)37/h5-8H,1-4H2,(H2,26,31)(H2,27,32). The molecule has 4 N–H and O–H groups in total. The van der Waals surface area contributed by atoms with E-state index in [-0.39, 0.29) is 16.0 Å². The highest BCUT2D eigenvalue weighted by Gasteiger charge is 2.42. The molecule has 2 aromatic carbocycles. The summed E-state index contributed by atoms with van der Waals surface area (Å²) in [6.07, 6.45) is -5.33. The number of alkyl halides is 3. The molecule has 0 unspecified atom stereocenters. The fourth-order valence-corrected chi connectivity index (χ4v) is 3.42. The normalized spacial score (nSPS) is 11.0. The van der Waals surface area contributed by atoms with Gasteiger partial charge in [0.05, 0.1) is 22.9 Å². The molecule has 0 aliphatic carbocycles. The fraction of sp³-hybridized carbons (Fsp3) is 0.250. The number of amides is 3. The summed E-state index contributed by atoms with van der Waals surface area (Å²) >= 11 is 11.7. The third kappa shape index (κ3) is 7.81. The molecule has 14 nitrogen and oxygen atoms in total. The molecule has 2 aromatic rings. The summed E-state index contributed by atoms with van der Waals surface area (Å²) in [5, 5.41) is 21.2. The topological polar surface area (TPSA) is 211 Å². The van der Waals surface area contributed by atoms with Gasteiger partial charge < -0.3 is 25.8 Å². The maximum absolute atomic E-state index is 13.1. The van der Waals surface area contributed by atoms with Crippen LogP contribution in [0.4, 0.5) is 24.5 Å². The van der Waals surface area contributed by atoms with Crippen molar-refractivity contribution in [1.82, 2.24) is 4.90 Å². The third-order valence-electron chi connectivity index (χ3n) is 4.77. The Labute approximate surface area is 225 Å². The van der Waals surface area contributed by atoms with Crippen LogP contribution >= 0.6 is 23.2 Å². The minimum absolute atomic E-state index is 0.237. The second kappa shape index (κ2) is 12.4. The minimum atomic E-state index is -5.33. The number of nitro benzene ring substituents is 2. The molecule has 0 fully saturated rings. The fourth-order valence-electron chi connectivity index (χ4n) is 2.95. The number of benzene rings is 2. The van der Waals surface area contributed by atoms with Crippen molar-refractivity contribution < 1.29 is 46.9 Å². The van der Waals surface area contributed by atoms with E-state index in [0.29, 0.717) is 0 Å². The molecule has 210 valence electrons. The number of nitro groups is 2. The highest BCUT2D eigenvalue weighted by Crippen LogP contribution is 2.36. The largest absolute Gasteiger partial charge is 0.490 e. The van der Waals surface area contributed by atoms with Gasteiger partial charge in [-0.1, -0.05) is 23.2 Å². The Kier molecular flexibility index (Phi) is 9.84. The van der Waals surface area contributed by atoms with Gasteiger partial charge in [-0.3, -0.25) is 34.6 Å². The van der Waals surface area contributed by atoms with Crippen molar-refractivity contribution in [3.05, 3.63) is 65.7 Å². The lowest BCUT2D eigenvalue weighted by molar-refractivity contribution is -0.384. The van der Waals surface area contributed by atoms with Gasteiger partial charge in [0.25, 0.3) is 11.4 Å². The first-order valence-electron chi connectivity index (χ1n) is 10.2. The van der Waals surface area contributed by atoms with Crippen LogP contribution in [0.1, 0.15) is 20.7 Å². The highest BCUT2D eigenvalue weighted by molar-refractivity contribution is 6.34. The summed E-state index contributed by atoms with van der Waals surface area (Å²) in [6, 6.07) is 3.41. The van der Waals surface area contributed by atoms with Crippen LogP contribution in [-0.2, 0) is 4.79 Å². The van der Waals surface area contributed by atoms with Crippen molar-refractivity contribution in [2.24, 2.45) is 11.5 Å². The Morgan fingerprint density at radius 3 is 1.46 bits per heavy atom. The summed E-state index contributed by atoms with van der Waals surface area (Å²) in [5.41, 5.74) is 7.95. The Balaban J connectivity index is 2.22. The molecule has 0 heterocycles.